The van der Waals surface area contributed by atoms with E-state index in [1.54, 1.807) is 48.5 Å². The molecule has 0 saturated carbocycles. The predicted octanol–water partition coefficient (Wildman–Crippen LogP) is 5.03. The molecular weight excluding hydrogens is 368 g/mol. The van der Waals surface area contributed by atoms with Crippen molar-refractivity contribution < 1.29 is 15.0 Å². The SMILES string of the molecule is Cc1cc2c(cc1Cl)SC(=O)C2(c1ccc(O)cc1)c1ccc(O)cc1. The fourth-order valence-corrected chi connectivity index (χ4v) is 4.89. The molecule has 2 N–H and O–H groups in total. The van der Waals surface area contributed by atoms with Crippen molar-refractivity contribution in [3.63, 3.8) is 0 Å². The highest BCUT2D eigenvalue weighted by molar-refractivity contribution is 8.14. The zero-order valence-corrected chi connectivity index (χ0v) is 15.4. The van der Waals surface area contributed by atoms with Crippen LogP contribution in [0.15, 0.2) is 65.6 Å². The summed E-state index contributed by atoms with van der Waals surface area (Å²) >= 11 is 7.45. The molecule has 1 heterocycles. The maximum absolute atomic E-state index is 13.3. The summed E-state index contributed by atoms with van der Waals surface area (Å²) in [4.78, 5) is 14.2. The first kappa shape index (κ1) is 17.0. The molecule has 0 radical (unpaired) electrons. The summed E-state index contributed by atoms with van der Waals surface area (Å²) in [7, 11) is 0. The van der Waals surface area contributed by atoms with E-state index in [-0.39, 0.29) is 16.6 Å². The van der Waals surface area contributed by atoms with Crippen molar-refractivity contribution >= 4 is 28.5 Å². The summed E-state index contributed by atoms with van der Waals surface area (Å²) in [5.74, 6) is 0.278. The van der Waals surface area contributed by atoms with Gasteiger partial charge >= 0.3 is 0 Å². The number of aryl methyl sites for hydroxylation is 1. The Bertz CT molecular complexity index is 965. The number of hydrogen-bond donors (Lipinski definition) is 2. The summed E-state index contributed by atoms with van der Waals surface area (Å²) in [6, 6.07) is 17.2. The van der Waals surface area contributed by atoms with E-state index in [1.165, 1.54) is 11.8 Å². The van der Waals surface area contributed by atoms with Crippen LogP contribution in [-0.4, -0.2) is 15.3 Å². The van der Waals surface area contributed by atoms with Gasteiger partial charge in [0.25, 0.3) is 0 Å². The summed E-state index contributed by atoms with van der Waals surface area (Å²) in [5.41, 5.74) is 2.27. The Morgan fingerprint density at radius 1 is 0.885 bits per heavy atom. The van der Waals surface area contributed by atoms with Crippen molar-refractivity contribution in [3.05, 3.63) is 87.9 Å². The molecule has 3 nitrogen and oxygen atoms in total. The summed E-state index contributed by atoms with van der Waals surface area (Å²) in [6.07, 6.45) is 0. The topological polar surface area (TPSA) is 57.5 Å². The Balaban J connectivity index is 2.08. The highest BCUT2D eigenvalue weighted by Gasteiger charge is 2.50. The molecule has 26 heavy (non-hydrogen) atoms. The first-order chi connectivity index (χ1) is 12.4. The van der Waals surface area contributed by atoms with Gasteiger partial charge in [-0.2, -0.15) is 0 Å². The third kappa shape index (κ3) is 2.41. The molecule has 3 aromatic rings. The highest BCUT2D eigenvalue weighted by Crippen LogP contribution is 2.54. The zero-order chi connectivity index (χ0) is 18.5. The van der Waals surface area contributed by atoms with Crippen LogP contribution in [0.1, 0.15) is 22.3 Å². The van der Waals surface area contributed by atoms with Crippen LogP contribution in [0, 0.1) is 6.92 Å². The normalized spacial score (nSPS) is 15.1. The van der Waals surface area contributed by atoms with Crippen LogP contribution in [0.5, 0.6) is 11.5 Å². The van der Waals surface area contributed by atoms with Gasteiger partial charge in [-0.3, -0.25) is 4.79 Å². The quantitative estimate of drug-likeness (QED) is 0.652. The summed E-state index contributed by atoms with van der Waals surface area (Å²) < 4.78 is 0. The van der Waals surface area contributed by atoms with Crippen molar-refractivity contribution in [2.24, 2.45) is 0 Å². The van der Waals surface area contributed by atoms with Crippen molar-refractivity contribution in [2.75, 3.05) is 0 Å². The minimum atomic E-state index is -1.02. The number of hydrogen-bond acceptors (Lipinski definition) is 4. The van der Waals surface area contributed by atoms with E-state index < -0.39 is 5.41 Å². The van der Waals surface area contributed by atoms with Gasteiger partial charge in [0.05, 0.1) is 0 Å². The monoisotopic (exact) mass is 382 g/mol. The lowest BCUT2D eigenvalue weighted by atomic mass is 9.70. The van der Waals surface area contributed by atoms with Crippen LogP contribution in [0.2, 0.25) is 5.02 Å². The smallest absolute Gasteiger partial charge is 0.213 e. The van der Waals surface area contributed by atoms with Crippen molar-refractivity contribution in [2.45, 2.75) is 17.2 Å². The van der Waals surface area contributed by atoms with Gasteiger partial charge < -0.3 is 10.2 Å². The minimum Gasteiger partial charge on any atom is -0.508 e. The summed E-state index contributed by atoms with van der Waals surface area (Å²) in [6.45, 7) is 1.91. The number of rotatable bonds is 2. The molecule has 5 heteroatoms. The van der Waals surface area contributed by atoms with E-state index in [0.29, 0.717) is 5.02 Å². The van der Waals surface area contributed by atoms with Gasteiger partial charge in [-0.25, -0.2) is 0 Å². The minimum absolute atomic E-state index is 0.0365. The van der Waals surface area contributed by atoms with E-state index in [4.69, 9.17) is 11.6 Å². The predicted molar refractivity (Wildman–Crippen MR) is 103 cm³/mol. The number of halogens is 1. The summed E-state index contributed by atoms with van der Waals surface area (Å²) in [5, 5.41) is 20.0. The first-order valence-electron chi connectivity index (χ1n) is 8.05. The standard InChI is InChI=1S/C21H15ClO3S/c1-12-10-17-19(11-18(12)22)26-20(25)21(17,13-2-6-15(23)7-3-13)14-4-8-16(24)9-5-14/h2-11,23-24H,1H3. The Morgan fingerprint density at radius 3 is 1.88 bits per heavy atom. The maximum atomic E-state index is 13.3. The van der Waals surface area contributed by atoms with Crippen LogP contribution in [0.4, 0.5) is 0 Å². The van der Waals surface area contributed by atoms with Crippen LogP contribution in [-0.2, 0) is 10.2 Å². The van der Waals surface area contributed by atoms with Crippen LogP contribution in [0.3, 0.4) is 0 Å². The number of fused-ring (bicyclic) bond motifs is 1. The zero-order valence-electron chi connectivity index (χ0n) is 13.9. The molecule has 4 rings (SSSR count). The molecular formula is C21H15ClO3S. The van der Waals surface area contributed by atoms with Gasteiger partial charge in [-0.1, -0.05) is 41.9 Å². The van der Waals surface area contributed by atoms with Gasteiger partial charge in [-0.15, -0.1) is 0 Å². The fraction of sp³-hybridized carbons (Fsp3) is 0.0952. The molecule has 130 valence electrons. The fourth-order valence-electron chi connectivity index (χ4n) is 3.46. The second-order valence-electron chi connectivity index (χ2n) is 6.33. The van der Waals surface area contributed by atoms with Crippen LogP contribution < -0.4 is 0 Å². The molecule has 1 aliphatic heterocycles. The van der Waals surface area contributed by atoms with Gasteiger partial charge in [0.15, 0.2) is 0 Å². The lowest BCUT2D eigenvalue weighted by molar-refractivity contribution is -0.113. The molecule has 0 atom stereocenters. The lowest BCUT2D eigenvalue weighted by Crippen LogP contribution is -2.33. The van der Waals surface area contributed by atoms with E-state index in [2.05, 4.69) is 0 Å². The molecule has 0 bridgehead atoms. The van der Waals surface area contributed by atoms with Crippen LogP contribution >= 0.6 is 23.4 Å². The number of thioether (sulfide) groups is 1. The average Bonchev–Trinajstić information content (AvgIpc) is 2.89. The average molecular weight is 383 g/mol. The van der Waals surface area contributed by atoms with Crippen LogP contribution in [0.25, 0.3) is 0 Å². The third-order valence-electron chi connectivity index (χ3n) is 4.77. The van der Waals surface area contributed by atoms with E-state index >= 15 is 0 Å². The molecule has 0 spiro atoms. The van der Waals surface area contributed by atoms with Gasteiger partial charge in [0.1, 0.15) is 16.9 Å². The molecule has 0 aromatic heterocycles. The number of aromatic hydroxyl groups is 2. The number of carbonyl (C=O) groups is 1. The Kier molecular flexibility index (Phi) is 3.98. The Morgan fingerprint density at radius 2 is 1.38 bits per heavy atom. The number of carbonyl (C=O) groups excluding carboxylic acids is 1. The molecule has 0 fully saturated rings. The second-order valence-corrected chi connectivity index (χ2v) is 7.75. The van der Waals surface area contributed by atoms with E-state index in [1.807, 2.05) is 19.1 Å². The van der Waals surface area contributed by atoms with Crippen molar-refractivity contribution in [1.82, 2.24) is 0 Å². The molecule has 0 saturated heterocycles. The Hall–Kier alpha value is -2.43. The van der Waals surface area contributed by atoms with E-state index in [9.17, 15) is 15.0 Å². The largest absolute Gasteiger partial charge is 0.508 e. The van der Waals surface area contributed by atoms with Gasteiger partial charge in [0, 0.05) is 9.92 Å². The van der Waals surface area contributed by atoms with Gasteiger partial charge in [0.2, 0.25) is 5.12 Å². The first-order valence-corrected chi connectivity index (χ1v) is 9.24. The molecule has 0 amide bonds. The lowest BCUT2D eigenvalue weighted by Gasteiger charge is -2.30. The number of phenolic OH excluding ortho intramolecular Hbond substituents is 2. The molecule has 3 aromatic carbocycles. The number of phenols is 2. The third-order valence-corrected chi connectivity index (χ3v) is 6.23. The molecule has 1 aliphatic rings. The molecule has 0 aliphatic carbocycles. The van der Waals surface area contributed by atoms with E-state index in [0.717, 1.165) is 27.1 Å². The number of benzene rings is 3. The van der Waals surface area contributed by atoms with Crippen molar-refractivity contribution in [1.29, 1.82) is 0 Å². The van der Waals surface area contributed by atoms with Crippen molar-refractivity contribution in [3.8, 4) is 11.5 Å². The van der Waals surface area contributed by atoms with Gasteiger partial charge in [-0.05, 0) is 71.3 Å². The highest BCUT2D eigenvalue weighted by atomic mass is 35.5. The Labute approximate surface area is 160 Å². The molecule has 0 unspecified atom stereocenters. The maximum Gasteiger partial charge on any atom is 0.213 e. The second kappa shape index (κ2) is 6.08.